The van der Waals surface area contributed by atoms with Gasteiger partial charge in [-0.05, 0) is 26.2 Å². The monoisotopic (exact) mass is 267 g/mol. The van der Waals surface area contributed by atoms with Crippen molar-refractivity contribution in [1.82, 2.24) is 4.72 Å². The Labute approximate surface area is 96.9 Å². The lowest BCUT2D eigenvalue weighted by molar-refractivity contribution is 0.417. The summed E-state index contributed by atoms with van der Waals surface area (Å²) in [6, 6.07) is 0. The molecular formula is C9H17NO4S2. The van der Waals surface area contributed by atoms with Gasteiger partial charge in [-0.15, -0.1) is 0 Å². The summed E-state index contributed by atoms with van der Waals surface area (Å²) >= 11 is 0. The van der Waals surface area contributed by atoms with Gasteiger partial charge in [0.15, 0.2) is 9.84 Å². The maximum atomic E-state index is 11.7. The molecule has 1 atom stereocenters. The van der Waals surface area contributed by atoms with Gasteiger partial charge in [0.05, 0.1) is 10.5 Å². The molecule has 1 saturated heterocycles. The van der Waals surface area contributed by atoms with E-state index in [9.17, 15) is 16.8 Å². The predicted octanol–water partition coefficient (Wildman–Crippen LogP) is 0.263. The highest BCUT2D eigenvalue weighted by molar-refractivity contribution is 7.93. The molecule has 7 heteroatoms. The molecule has 1 N–H and O–H groups in total. The Morgan fingerprint density at radius 1 is 1.50 bits per heavy atom. The standard InChI is InChI=1S/C9H17NO4S2/c1-4-16(13,14)10-7-8-5-6-15(11,12)9(8,2)3/h4,8,10H,1,5-7H2,2-3H3. The highest BCUT2D eigenvalue weighted by Gasteiger charge is 2.47. The zero-order chi connectivity index (χ0) is 12.6. The third kappa shape index (κ3) is 2.46. The Balaban J connectivity index is 2.76. The number of hydrogen-bond acceptors (Lipinski definition) is 4. The van der Waals surface area contributed by atoms with Crippen molar-refractivity contribution in [3.63, 3.8) is 0 Å². The van der Waals surface area contributed by atoms with E-state index < -0.39 is 24.6 Å². The first-order chi connectivity index (χ1) is 7.12. The van der Waals surface area contributed by atoms with E-state index in [0.29, 0.717) is 6.42 Å². The van der Waals surface area contributed by atoms with Gasteiger partial charge in [0, 0.05) is 12.0 Å². The van der Waals surface area contributed by atoms with Crippen LogP contribution in [-0.4, -0.2) is 33.9 Å². The second kappa shape index (κ2) is 4.12. The highest BCUT2D eigenvalue weighted by Crippen LogP contribution is 2.36. The smallest absolute Gasteiger partial charge is 0.228 e. The van der Waals surface area contributed by atoms with Crippen LogP contribution < -0.4 is 4.72 Å². The van der Waals surface area contributed by atoms with E-state index in [2.05, 4.69) is 11.3 Å². The molecule has 0 amide bonds. The minimum atomic E-state index is -3.48. The van der Waals surface area contributed by atoms with E-state index in [0.717, 1.165) is 5.41 Å². The van der Waals surface area contributed by atoms with Crippen molar-refractivity contribution < 1.29 is 16.8 Å². The number of rotatable bonds is 4. The van der Waals surface area contributed by atoms with Crippen LogP contribution in [0.4, 0.5) is 0 Å². The molecule has 0 aliphatic carbocycles. The van der Waals surface area contributed by atoms with E-state index in [1.165, 1.54) is 0 Å². The fourth-order valence-corrected chi connectivity index (χ4v) is 4.17. The zero-order valence-electron chi connectivity index (χ0n) is 9.43. The molecule has 1 rings (SSSR count). The normalized spacial score (nSPS) is 27.8. The summed E-state index contributed by atoms with van der Waals surface area (Å²) < 4.78 is 47.1. The summed E-state index contributed by atoms with van der Waals surface area (Å²) in [5.74, 6) is -0.0623. The van der Waals surface area contributed by atoms with Crippen LogP contribution in [0.15, 0.2) is 12.0 Å². The highest BCUT2D eigenvalue weighted by atomic mass is 32.2. The number of hydrogen-bond donors (Lipinski definition) is 1. The molecule has 94 valence electrons. The van der Waals surface area contributed by atoms with Crippen molar-refractivity contribution in [1.29, 1.82) is 0 Å². The van der Waals surface area contributed by atoms with Crippen molar-refractivity contribution in [3.8, 4) is 0 Å². The lowest BCUT2D eigenvalue weighted by Gasteiger charge is -2.25. The van der Waals surface area contributed by atoms with Crippen molar-refractivity contribution in [2.75, 3.05) is 12.3 Å². The van der Waals surface area contributed by atoms with Crippen molar-refractivity contribution in [3.05, 3.63) is 12.0 Å². The van der Waals surface area contributed by atoms with Crippen LogP contribution in [0.1, 0.15) is 20.3 Å². The summed E-state index contributed by atoms with van der Waals surface area (Å²) in [6.45, 7) is 6.60. The van der Waals surface area contributed by atoms with Gasteiger partial charge in [-0.1, -0.05) is 6.58 Å². The van der Waals surface area contributed by atoms with E-state index in [1.54, 1.807) is 13.8 Å². The predicted molar refractivity (Wildman–Crippen MR) is 63.1 cm³/mol. The zero-order valence-corrected chi connectivity index (χ0v) is 11.1. The molecule has 0 bridgehead atoms. The molecule has 0 aromatic rings. The molecule has 0 radical (unpaired) electrons. The van der Waals surface area contributed by atoms with Gasteiger partial charge in [-0.2, -0.15) is 0 Å². The Bertz CT molecular complexity index is 476. The van der Waals surface area contributed by atoms with E-state index in [-0.39, 0.29) is 18.2 Å². The molecule has 0 saturated carbocycles. The SMILES string of the molecule is C=CS(=O)(=O)NCC1CCS(=O)(=O)C1(C)C. The third-order valence-corrected chi connectivity index (χ3v) is 6.99. The lowest BCUT2D eigenvalue weighted by Crippen LogP contribution is -2.40. The summed E-state index contributed by atoms with van der Waals surface area (Å²) in [5, 5.41) is 0.823. The number of sulfonamides is 1. The average Bonchev–Trinajstić information content (AvgIpc) is 2.35. The largest absolute Gasteiger partial charge is 0.233 e. The first kappa shape index (κ1) is 13.7. The second-order valence-corrected chi connectivity index (χ2v) is 8.87. The Morgan fingerprint density at radius 2 is 2.06 bits per heavy atom. The Morgan fingerprint density at radius 3 is 2.44 bits per heavy atom. The van der Waals surface area contributed by atoms with Crippen LogP contribution in [0.25, 0.3) is 0 Å². The molecular weight excluding hydrogens is 250 g/mol. The molecule has 0 aromatic heterocycles. The molecule has 1 aliphatic rings. The molecule has 1 aliphatic heterocycles. The Hall–Kier alpha value is -0.400. The van der Waals surface area contributed by atoms with E-state index >= 15 is 0 Å². The van der Waals surface area contributed by atoms with Crippen molar-refractivity contribution in [2.24, 2.45) is 5.92 Å². The topological polar surface area (TPSA) is 80.3 Å². The van der Waals surface area contributed by atoms with E-state index in [1.807, 2.05) is 0 Å². The first-order valence-electron chi connectivity index (χ1n) is 4.97. The molecule has 1 fully saturated rings. The Kier molecular flexibility index (Phi) is 3.52. The van der Waals surface area contributed by atoms with Crippen LogP contribution in [-0.2, 0) is 19.9 Å². The van der Waals surface area contributed by atoms with Gasteiger partial charge in [-0.25, -0.2) is 21.6 Å². The molecule has 1 heterocycles. The quantitative estimate of drug-likeness (QED) is 0.792. The summed E-state index contributed by atoms with van der Waals surface area (Å²) in [7, 11) is -6.58. The van der Waals surface area contributed by atoms with Crippen molar-refractivity contribution in [2.45, 2.75) is 25.0 Å². The van der Waals surface area contributed by atoms with Crippen LogP contribution in [0.5, 0.6) is 0 Å². The van der Waals surface area contributed by atoms with Gasteiger partial charge in [-0.3, -0.25) is 0 Å². The molecule has 0 spiro atoms. The van der Waals surface area contributed by atoms with Crippen LogP contribution in [0.2, 0.25) is 0 Å². The van der Waals surface area contributed by atoms with Crippen LogP contribution in [0, 0.1) is 5.92 Å². The number of sulfone groups is 1. The van der Waals surface area contributed by atoms with Gasteiger partial charge in [0.1, 0.15) is 0 Å². The van der Waals surface area contributed by atoms with Gasteiger partial charge in [0.25, 0.3) is 0 Å². The molecule has 1 unspecified atom stereocenters. The van der Waals surface area contributed by atoms with Gasteiger partial charge >= 0.3 is 0 Å². The van der Waals surface area contributed by atoms with Gasteiger partial charge in [0.2, 0.25) is 10.0 Å². The lowest BCUT2D eigenvalue weighted by atomic mass is 9.93. The van der Waals surface area contributed by atoms with Crippen LogP contribution >= 0.6 is 0 Å². The first-order valence-corrected chi connectivity index (χ1v) is 8.16. The maximum absolute atomic E-state index is 11.7. The van der Waals surface area contributed by atoms with Crippen LogP contribution in [0.3, 0.4) is 0 Å². The molecule has 16 heavy (non-hydrogen) atoms. The fraction of sp³-hybridized carbons (Fsp3) is 0.778. The fourth-order valence-electron chi connectivity index (χ4n) is 1.79. The third-order valence-electron chi connectivity index (χ3n) is 3.27. The summed E-state index contributed by atoms with van der Waals surface area (Å²) in [4.78, 5) is 0. The average molecular weight is 267 g/mol. The minimum absolute atomic E-state index is 0.125. The van der Waals surface area contributed by atoms with Gasteiger partial charge < -0.3 is 0 Å². The van der Waals surface area contributed by atoms with E-state index in [4.69, 9.17) is 0 Å². The second-order valence-electron chi connectivity index (χ2n) is 4.47. The summed E-state index contributed by atoms with van der Waals surface area (Å²) in [6.07, 6.45) is 0.495. The minimum Gasteiger partial charge on any atom is -0.228 e. The molecule has 5 nitrogen and oxygen atoms in total. The number of nitrogens with one attached hydrogen (secondary N) is 1. The summed E-state index contributed by atoms with van der Waals surface area (Å²) in [5.41, 5.74) is 0. The maximum Gasteiger partial charge on any atom is 0.233 e. The van der Waals surface area contributed by atoms with Crippen molar-refractivity contribution >= 4 is 19.9 Å². The molecule has 0 aromatic carbocycles.